The van der Waals surface area contributed by atoms with Crippen LogP contribution in [-0.2, 0) is 17.2 Å². The summed E-state index contributed by atoms with van der Waals surface area (Å²) in [6.45, 7) is 2.04. The van der Waals surface area contributed by atoms with Gasteiger partial charge >= 0.3 is 0 Å². The third-order valence-electron chi connectivity index (χ3n) is 4.52. The number of nitrogens with two attached hydrogens (primary N) is 2. The molecule has 162 valence electrons. The Morgan fingerprint density at radius 2 is 1.75 bits per heavy atom. The van der Waals surface area contributed by atoms with E-state index < -0.39 is 10.8 Å². The van der Waals surface area contributed by atoms with Gasteiger partial charge in [0.05, 0.1) is 32.7 Å². The molecule has 0 radical (unpaired) electrons. The molecule has 0 aliphatic carbocycles. The second kappa shape index (κ2) is 10.1. The fraction of sp³-hybridized carbons (Fsp3) is 0.136. The van der Waals surface area contributed by atoms with Crippen LogP contribution >= 0.6 is 11.6 Å². The number of nitriles is 1. The molecule has 4 aromatic rings. The Balaban J connectivity index is 0.000000243. The van der Waals surface area contributed by atoms with Crippen LogP contribution in [0.2, 0.25) is 5.02 Å². The van der Waals surface area contributed by atoms with E-state index >= 15 is 0 Å². The number of hydrogen-bond acceptors (Lipinski definition) is 8. The van der Waals surface area contributed by atoms with Crippen molar-refractivity contribution < 1.29 is 4.21 Å². The number of benzene rings is 2. The van der Waals surface area contributed by atoms with E-state index in [9.17, 15) is 4.21 Å². The lowest BCUT2D eigenvalue weighted by molar-refractivity contribution is 0.687. The second-order valence-electron chi connectivity index (χ2n) is 6.56. The van der Waals surface area contributed by atoms with Gasteiger partial charge in [-0.15, -0.1) is 0 Å². The molecule has 0 fully saturated rings. The molecule has 10 heteroatoms. The number of halogens is 1. The first kappa shape index (κ1) is 23.1. The molecule has 0 saturated heterocycles. The van der Waals surface area contributed by atoms with E-state index in [1.807, 2.05) is 43.3 Å². The van der Waals surface area contributed by atoms with E-state index in [0.29, 0.717) is 10.5 Å². The van der Waals surface area contributed by atoms with Crippen molar-refractivity contribution >= 4 is 45.1 Å². The molecule has 32 heavy (non-hydrogen) atoms. The average Bonchev–Trinajstić information content (AvgIpc) is 2.79. The second-order valence-corrected chi connectivity index (χ2v) is 8.32. The molecule has 1 atom stereocenters. The number of nitrogens with zero attached hydrogens (tertiary/aromatic N) is 5. The van der Waals surface area contributed by atoms with E-state index in [1.54, 1.807) is 18.4 Å². The molecule has 0 saturated carbocycles. The van der Waals surface area contributed by atoms with Crippen LogP contribution in [0.25, 0.3) is 22.3 Å². The molecular weight excluding hydrogens is 446 g/mol. The van der Waals surface area contributed by atoms with Crippen LogP contribution in [0.5, 0.6) is 0 Å². The largest absolute Gasteiger partial charge is 0.382 e. The Kier molecular flexibility index (Phi) is 7.30. The van der Waals surface area contributed by atoms with Gasteiger partial charge in [-0.05, 0) is 24.6 Å². The van der Waals surface area contributed by atoms with Gasteiger partial charge in [-0.25, -0.2) is 19.9 Å². The summed E-state index contributed by atoms with van der Waals surface area (Å²) in [6.07, 6.45) is 3.63. The minimum absolute atomic E-state index is 0.120. The van der Waals surface area contributed by atoms with Gasteiger partial charge in [0.1, 0.15) is 35.1 Å². The summed E-state index contributed by atoms with van der Waals surface area (Å²) in [7, 11) is -1.09. The molecule has 0 bridgehead atoms. The molecule has 0 amide bonds. The Hall–Kier alpha value is -3.61. The first-order chi connectivity index (χ1) is 15.4. The number of rotatable bonds is 3. The van der Waals surface area contributed by atoms with Crippen molar-refractivity contribution in [3.63, 3.8) is 0 Å². The Morgan fingerprint density at radius 3 is 2.34 bits per heavy atom. The predicted molar refractivity (Wildman–Crippen MR) is 127 cm³/mol. The highest BCUT2D eigenvalue weighted by Gasteiger charge is 2.15. The fourth-order valence-corrected chi connectivity index (χ4v) is 3.94. The van der Waals surface area contributed by atoms with Gasteiger partial charge in [0.2, 0.25) is 0 Å². The number of fused-ring (bicyclic) bond motifs is 1. The molecule has 4 rings (SSSR count). The number of para-hydroxylation sites is 1. The van der Waals surface area contributed by atoms with Crippen LogP contribution in [0.3, 0.4) is 0 Å². The van der Waals surface area contributed by atoms with Crippen molar-refractivity contribution in [2.75, 3.05) is 17.7 Å². The number of hydrogen-bond donors (Lipinski definition) is 2. The van der Waals surface area contributed by atoms with E-state index in [1.165, 1.54) is 6.33 Å². The Labute approximate surface area is 192 Å². The van der Waals surface area contributed by atoms with Crippen LogP contribution in [0.15, 0.2) is 53.7 Å². The van der Waals surface area contributed by atoms with Gasteiger partial charge < -0.3 is 11.5 Å². The molecule has 0 aliphatic heterocycles. The third kappa shape index (κ3) is 4.82. The van der Waals surface area contributed by atoms with Gasteiger partial charge in [0, 0.05) is 16.7 Å². The normalized spacial score (nSPS) is 11.3. The van der Waals surface area contributed by atoms with Crippen molar-refractivity contribution in [3.05, 3.63) is 65.1 Å². The maximum Gasteiger partial charge on any atom is 0.146 e. The van der Waals surface area contributed by atoms with Crippen molar-refractivity contribution in [1.82, 2.24) is 19.9 Å². The zero-order valence-corrected chi connectivity index (χ0v) is 19.0. The summed E-state index contributed by atoms with van der Waals surface area (Å²) in [6, 6.07) is 15.0. The van der Waals surface area contributed by atoms with Crippen molar-refractivity contribution in [2.24, 2.45) is 0 Å². The molecule has 0 aliphatic rings. The summed E-state index contributed by atoms with van der Waals surface area (Å²) in [4.78, 5) is 17.3. The number of aryl methyl sites for hydroxylation is 1. The van der Waals surface area contributed by atoms with Crippen LogP contribution in [0, 0.1) is 11.3 Å². The van der Waals surface area contributed by atoms with Crippen LogP contribution in [0.4, 0.5) is 11.6 Å². The van der Waals surface area contributed by atoms with Gasteiger partial charge in [0.15, 0.2) is 0 Å². The maximum atomic E-state index is 12.0. The predicted octanol–water partition coefficient (Wildman–Crippen LogP) is 3.76. The lowest BCUT2D eigenvalue weighted by Gasteiger charge is -2.12. The van der Waals surface area contributed by atoms with Crippen LogP contribution in [-0.4, -0.2) is 30.4 Å². The van der Waals surface area contributed by atoms with Crippen molar-refractivity contribution in [3.8, 4) is 17.3 Å². The number of anilines is 2. The van der Waals surface area contributed by atoms with Gasteiger partial charge in [-0.2, -0.15) is 5.26 Å². The lowest BCUT2D eigenvalue weighted by atomic mass is 10.1. The van der Waals surface area contributed by atoms with E-state index in [4.69, 9.17) is 33.3 Å². The van der Waals surface area contributed by atoms with Gasteiger partial charge in [0.25, 0.3) is 0 Å². The summed E-state index contributed by atoms with van der Waals surface area (Å²) >= 11 is 6.25. The highest BCUT2D eigenvalue weighted by atomic mass is 35.5. The summed E-state index contributed by atoms with van der Waals surface area (Å²) in [5, 5.41) is 8.98. The van der Waals surface area contributed by atoms with Gasteiger partial charge in [-0.1, -0.05) is 42.8 Å². The molecule has 1 unspecified atom stereocenters. The quantitative estimate of drug-likeness (QED) is 0.465. The molecular formula is C22H20ClN7OS. The summed E-state index contributed by atoms with van der Waals surface area (Å²) in [5.74, 6) is 0.241. The highest BCUT2D eigenvalue weighted by molar-refractivity contribution is 7.84. The smallest absolute Gasteiger partial charge is 0.146 e. The Bertz CT molecular complexity index is 1330. The number of nitrogen functional groups attached to an aromatic ring is 2. The third-order valence-corrected chi connectivity index (χ3v) is 5.80. The zero-order valence-electron chi connectivity index (χ0n) is 17.4. The topological polar surface area (TPSA) is 144 Å². The standard InChI is InChI=1S/C17H15ClN2OS.C5H5N5/c1-3-13-16(11-7-4-5-10-15(11)22(2)21)20-17-12(18)8-6-9-14(17)19-13;6-1-3-4(7)9-2-10-5(3)8/h4-10H,3H2,1-2H3;2H,(H4,7,8,9,10). The highest BCUT2D eigenvalue weighted by Crippen LogP contribution is 2.30. The maximum absolute atomic E-state index is 12.0. The SMILES string of the molecule is CCc1nc2cccc(Cl)c2nc1-c1ccccc1S(C)=O.N#Cc1c(N)ncnc1N. The lowest BCUT2D eigenvalue weighted by Crippen LogP contribution is -2.01. The van der Waals surface area contributed by atoms with E-state index in [-0.39, 0.29) is 17.2 Å². The monoisotopic (exact) mass is 465 g/mol. The minimum atomic E-state index is -1.09. The van der Waals surface area contributed by atoms with Crippen molar-refractivity contribution in [2.45, 2.75) is 18.2 Å². The van der Waals surface area contributed by atoms with Crippen LogP contribution < -0.4 is 11.5 Å². The van der Waals surface area contributed by atoms with Crippen LogP contribution in [0.1, 0.15) is 18.2 Å². The van der Waals surface area contributed by atoms with Gasteiger partial charge in [-0.3, -0.25) is 4.21 Å². The molecule has 4 N–H and O–H groups in total. The molecule has 2 aromatic carbocycles. The minimum Gasteiger partial charge on any atom is -0.382 e. The van der Waals surface area contributed by atoms with E-state index in [2.05, 4.69) is 15.0 Å². The van der Waals surface area contributed by atoms with E-state index in [0.717, 1.165) is 33.8 Å². The zero-order chi connectivity index (χ0) is 23.3. The first-order valence-electron chi connectivity index (χ1n) is 9.51. The first-order valence-corrected chi connectivity index (χ1v) is 11.4. The molecule has 0 spiro atoms. The molecule has 2 aromatic heterocycles. The number of aromatic nitrogens is 4. The summed E-state index contributed by atoms with van der Waals surface area (Å²) in [5.41, 5.74) is 14.6. The molecule has 8 nitrogen and oxygen atoms in total. The molecule has 2 heterocycles. The van der Waals surface area contributed by atoms with Crippen molar-refractivity contribution in [1.29, 1.82) is 5.26 Å². The average molecular weight is 466 g/mol. The Morgan fingerprint density at radius 1 is 1.06 bits per heavy atom. The summed E-state index contributed by atoms with van der Waals surface area (Å²) < 4.78 is 12.0. The fourth-order valence-electron chi connectivity index (χ4n) is 2.98.